The van der Waals surface area contributed by atoms with Crippen molar-refractivity contribution in [3.8, 4) is 0 Å². The molecule has 5 nitrogen and oxygen atoms in total. The normalized spacial score (nSPS) is 22.0. The molecule has 1 N–H and O–H groups in total. The lowest BCUT2D eigenvalue weighted by atomic mass is 9.56. The third-order valence-electron chi connectivity index (χ3n) is 7.20. The van der Waals surface area contributed by atoms with Crippen molar-refractivity contribution in [1.29, 1.82) is 0 Å². The molecule has 0 bridgehead atoms. The van der Waals surface area contributed by atoms with E-state index in [0.29, 0.717) is 17.9 Å². The van der Waals surface area contributed by atoms with E-state index in [4.69, 9.17) is 0 Å². The second-order valence-corrected chi connectivity index (χ2v) is 9.08. The Labute approximate surface area is 167 Å². The number of rotatable bonds is 6. The lowest BCUT2D eigenvalue weighted by Gasteiger charge is -2.59. The van der Waals surface area contributed by atoms with Gasteiger partial charge in [-0.1, -0.05) is 37.6 Å². The lowest BCUT2D eigenvalue weighted by molar-refractivity contribution is -0.155. The molecule has 0 unspecified atom stereocenters. The molecule has 0 radical (unpaired) electrons. The Morgan fingerprint density at radius 2 is 1.89 bits per heavy atom. The minimum absolute atomic E-state index is 0.161. The molecule has 2 aliphatic carbocycles. The summed E-state index contributed by atoms with van der Waals surface area (Å²) < 4.78 is 4.60. The first-order chi connectivity index (χ1) is 13.5. The van der Waals surface area contributed by atoms with Crippen molar-refractivity contribution in [1.82, 2.24) is 10.2 Å². The second kappa shape index (κ2) is 7.76. The Hall–Kier alpha value is -2.04. The molecule has 2 amide bonds. The fraction of sp³-hybridized carbons (Fsp3) is 0.652. The number of ether oxygens (including phenoxy) is 1. The SMILES string of the molecule is CC[C@H](CNC(=O)OC)C(=O)N1CC2(CC(c3cccc(C4CCC4)c3)C2)C1. The topological polar surface area (TPSA) is 58.6 Å². The van der Waals surface area contributed by atoms with Gasteiger partial charge in [-0.05, 0) is 55.1 Å². The third-order valence-corrected chi connectivity index (χ3v) is 7.20. The van der Waals surface area contributed by atoms with Crippen molar-refractivity contribution in [3.63, 3.8) is 0 Å². The van der Waals surface area contributed by atoms with Gasteiger partial charge in [-0.25, -0.2) is 4.79 Å². The van der Waals surface area contributed by atoms with Gasteiger partial charge in [0, 0.05) is 25.0 Å². The van der Waals surface area contributed by atoms with Crippen molar-refractivity contribution in [3.05, 3.63) is 35.4 Å². The Bertz CT molecular complexity index is 729. The zero-order valence-electron chi connectivity index (χ0n) is 17.1. The van der Waals surface area contributed by atoms with Gasteiger partial charge < -0.3 is 15.0 Å². The van der Waals surface area contributed by atoms with Crippen LogP contribution in [0.25, 0.3) is 0 Å². The van der Waals surface area contributed by atoms with E-state index in [1.807, 2.05) is 11.8 Å². The number of nitrogens with zero attached hydrogens (tertiary/aromatic N) is 1. The minimum Gasteiger partial charge on any atom is -0.453 e. The number of nitrogens with one attached hydrogen (secondary N) is 1. The van der Waals surface area contributed by atoms with Gasteiger partial charge in [0.05, 0.1) is 13.0 Å². The number of hydrogen-bond donors (Lipinski definition) is 1. The van der Waals surface area contributed by atoms with Crippen molar-refractivity contribution in [2.45, 2.75) is 57.3 Å². The number of amides is 2. The fourth-order valence-electron chi connectivity index (χ4n) is 5.15. The summed E-state index contributed by atoms with van der Waals surface area (Å²) in [5.74, 6) is 1.45. The standard InChI is InChI=1S/C23H32N2O3/c1-3-16(13-24-22(27)28-2)21(26)25-14-23(15-25)11-20(12-23)19-9-5-8-18(10-19)17-6-4-7-17/h5,8-10,16-17,20H,3-4,6-7,11-15H2,1-2H3,(H,24,27)/t16-/m1/s1. The summed E-state index contributed by atoms with van der Waals surface area (Å²) >= 11 is 0. The van der Waals surface area contributed by atoms with E-state index >= 15 is 0 Å². The van der Waals surface area contributed by atoms with Crippen LogP contribution < -0.4 is 5.32 Å². The molecule has 1 heterocycles. The van der Waals surface area contributed by atoms with Gasteiger partial charge in [0.15, 0.2) is 0 Å². The van der Waals surface area contributed by atoms with Crippen molar-refractivity contribution >= 4 is 12.0 Å². The lowest BCUT2D eigenvalue weighted by Crippen LogP contribution is -2.64. The molecule has 1 aliphatic heterocycles. The highest BCUT2D eigenvalue weighted by Gasteiger charge is 2.54. The number of alkyl carbamates (subject to hydrolysis) is 1. The molecule has 0 aromatic heterocycles. The summed E-state index contributed by atoms with van der Waals surface area (Å²) in [6, 6.07) is 9.24. The van der Waals surface area contributed by atoms with Gasteiger partial charge in [0.25, 0.3) is 0 Å². The molecule has 28 heavy (non-hydrogen) atoms. The minimum atomic E-state index is -0.475. The summed E-state index contributed by atoms with van der Waals surface area (Å²) in [5.41, 5.74) is 3.36. The van der Waals surface area contributed by atoms with Gasteiger partial charge in [0.1, 0.15) is 0 Å². The largest absolute Gasteiger partial charge is 0.453 e. The summed E-state index contributed by atoms with van der Waals surface area (Å²) in [6.07, 6.45) is 6.71. The van der Waals surface area contributed by atoms with Crippen molar-refractivity contribution < 1.29 is 14.3 Å². The average Bonchev–Trinajstić information content (AvgIpc) is 2.58. The van der Waals surface area contributed by atoms with Crippen molar-refractivity contribution in [2.24, 2.45) is 11.3 Å². The number of benzene rings is 1. The van der Waals surface area contributed by atoms with Crippen LogP contribution in [0.2, 0.25) is 0 Å². The van der Waals surface area contributed by atoms with Crippen LogP contribution in [0, 0.1) is 11.3 Å². The molecule has 3 aliphatic rings. The molecule has 4 rings (SSSR count). The van der Waals surface area contributed by atoms with E-state index in [9.17, 15) is 9.59 Å². The molecule has 152 valence electrons. The molecule has 1 spiro atoms. The molecule has 1 aromatic carbocycles. The molecule has 1 aromatic rings. The van der Waals surface area contributed by atoms with E-state index in [0.717, 1.165) is 25.4 Å². The fourth-order valence-corrected chi connectivity index (χ4v) is 5.15. The first kappa shape index (κ1) is 19.3. The second-order valence-electron chi connectivity index (χ2n) is 9.08. The number of carbonyl (C=O) groups excluding carboxylic acids is 2. The molecular weight excluding hydrogens is 352 g/mol. The Morgan fingerprint density at radius 1 is 1.21 bits per heavy atom. The molecular formula is C23H32N2O3. The first-order valence-corrected chi connectivity index (χ1v) is 10.7. The van der Waals surface area contributed by atoms with Gasteiger partial charge in [-0.2, -0.15) is 0 Å². The van der Waals surface area contributed by atoms with Crippen LogP contribution in [-0.2, 0) is 9.53 Å². The zero-order valence-corrected chi connectivity index (χ0v) is 17.1. The summed E-state index contributed by atoms with van der Waals surface area (Å²) in [7, 11) is 1.34. The smallest absolute Gasteiger partial charge is 0.406 e. The van der Waals surface area contributed by atoms with Crippen LogP contribution in [0.5, 0.6) is 0 Å². The highest BCUT2D eigenvalue weighted by atomic mass is 16.5. The number of carbonyl (C=O) groups is 2. The third kappa shape index (κ3) is 3.63. The van der Waals surface area contributed by atoms with E-state index < -0.39 is 6.09 Å². The maximum atomic E-state index is 12.7. The maximum Gasteiger partial charge on any atom is 0.406 e. The quantitative estimate of drug-likeness (QED) is 0.805. The summed E-state index contributed by atoms with van der Waals surface area (Å²) in [5, 5.41) is 2.66. The highest BCUT2D eigenvalue weighted by molar-refractivity contribution is 5.80. The van der Waals surface area contributed by atoms with E-state index in [2.05, 4.69) is 34.3 Å². The molecule has 5 heteroatoms. The molecule has 2 saturated carbocycles. The molecule has 1 saturated heterocycles. The molecule has 3 fully saturated rings. The summed E-state index contributed by atoms with van der Waals surface area (Å²) in [4.78, 5) is 26.0. The zero-order chi connectivity index (χ0) is 19.7. The van der Waals surface area contributed by atoms with Gasteiger partial charge in [-0.15, -0.1) is 0 Å². The highest BCUT2D eigenvalue weighted by Crippen LogP contribution is 2.56. The maximum absolute atomic E-state index is 12.7. The molecule has 1 atom stereocenters. The van der Waals surface area contributed by atoms with Gasteiger partial charge in [-0.3, -0.25) is 4.79 Å². The van der Waals surface area contributed by atoms with Crippen LogP contribution >= 0.6 is 0 Å². The van der Waals surface area contributed by atoms with Crippen LogP contribution in [0.1, 0.15) is 68.4 Å². The van der Waals surface area contributed by atoms with Gasteiger partial charge in [0.2, 0.25) is 5.91 Å². The number of hydrogen-bond acceptors (Lipinski definition) is 3. The van der Waals surface area contributed by atoms with Gasteiger partial charge >= 0.3 is 6.09 Å². The number of methoxy groups -OCH3 is 1. The number of likely N-dealkylation sites (tertiary alicyclic amines) is 1. The Kier molecular flexibility index (Phi) is 5.35. The predicted octanol–water partition coefficient (Wildman–Crippen LogP) is 4.04. The van der Waals surface area contributed by atoms with Crippen LogP contribution in [0.15, 0.2) is 24.3 Å². The van der Waals surface area contributed by atoms with Crippen LogP contribution in [0.4, 0.5) is 4.79 Å². The monoisotopic (exact) mass is 384 g/mol. The summed E-state index contributed by atoms with van der Waals surface area (Å²) in [6.45, 7) is 4.09. The van der Waals surface area contributed by atoms with E-state index in [-0.39, 0.29) is 11.8 Å². The predicted molar refractivity (Wildman–Crippen MR) is 108 cm³/mol. The Morgan fingerprint density at radius 3 is 2.46 bits per heavy atom. The Balaban J connectivity index is 1.26. The first-order valence-electron chi connectivity index (χ1n) is 10.7. The van der Waals surface area contributed by atoms with E-state index in [1.165, 1.54) is 50.3 Å². The van der Waals surface area contributed by atoms with Crippen molar-refractivity contribution in [2.75, 3.05) is 26.7 Å². The van der Waals surface area contributed by atoms with Crippen LogP contribution in [-0.4, -0.2) is 43.6 Å². The van der Waals surface area contributed by atoms with Crippen LogP contribution in [0.3, 0.4) is 0 Å². The van der Waals surface area contributed by atoms with E-state index in [1.54, 1.807) is 0 Å². The average molecular weight is 385 g/mol.